The van der Waals surface area contributed by atoms with E-state index in [1.807, 2.05) is 13.0 Å². The van der Waals surface area contributed by atoms with Crippen LogP contribution in [0.3, 0.4) is 0 Å². The first-order valence-electron chi connectivity index (χ1n) is 5.14. The summed E-state index contributed by atoms with van der Waals surface area (Å²) < 4.78 is 4.72. The number of rotatable bonds is 1. The van der Waals surface area contributed by atoms with Crippen LogP contribution in [-0.4, -0.2) is 29.1 Å². The summed E-state index contributed by atoms with van der Waals surface area (Å²) in [5.74, 6) is 0.979. The third kappa shape index (κ3) is 1.34. The first kappa shape index (κ1) is 9.82. The molecule has 80 valence electrons. The summed E-state index contributed by atoms with van der Waals surface area (Å²) in [5.41, 5.74) is 2.53. The van der Waals surface area contributed by atoms with Gasteiger partial charge in [-0.05, 0) is 0 Å². The fourth-order valence-corrected chi connectivity index (χ4v) is 3.99. The van der Waals surface area contributed by atoms with Gasteiger partial charge in [0.25, 0.3) is 0 Å². The molecule has 0 bridgehead atoms. The van der Waals surface area contributed by atoms with Gasteiger partial charge in [-0.2, -0.15) is 0 Å². The molecule has 0 unspecified atom stereocenters. The Bertz CT molecular complexity index is 637. The molecule has 0 spiro atoms. The van der Waals surface area contributed by atoms with Crippen molar-refractivity contribution in [3.8, 4) is 11.3 Å². The summed E-state index contributed by atoms with van der Waals surface area (Å²) in [4.78, 5) is 0. The van der Waals surface area contributed by atoms with Crippen LogP contribution in [0.25, 0.3) is 15.8 Å². The first-order valence-corrected chi connectivity index (χ1v) is 6.85. The third-order valence-corrected chi connectivity index (χ3v) is 4.63. The molecule has 0 fully saturated rings. The molecule has 0 aliphatic carbocycles. The fourth-order valence-electron chi connectivity index (χ4n) is 1.94. The quantitative estimate of drug-likeness (QED) is 0.637. The molecule has 3 aromatic rings. The number of hydrogen-bond acceptors (Lipinski definition) is 2. The predicted octanol–water partition coefficient (Wildman–Crippen LogP) is 2.07. The average molecular weight is 276 g/mol. The van der Waals surface area contributed by atoms with Crippen LogP contribution in [0.15, 0.2) is 30.3 Å². The van der Waals surface area contributed by atoms with Gasteiger partial charge in [0.2, 0.25) is 0 Å². The molecule has 0 radical (unpaired) electrons. The Morgan fingerprint density at radius 1 is 1.06 bits per heavy atom. The van der Waals surface area contributed by atoms with Crippen molar-refractivity contribution in [3.63, 3.8) is 0 Å². The van der Waals surface area contributed by atoms with Crippen LogP contribution in [0.2, 0.25) is 0 Å². The molecule has 3 rings (SSSR count). The van der Waals surface area contributed by atoms with Crippen molar-refractivity contribution >= 4 is 19.0 Å². The minimum absolute atomic E-state index is 0.326. The van der Waals surface area contributed by atoms with Crippen LogP contribution < -0.4 is 0 Å². The molecule has 2 aromatic heterocycles. The molecular formula is C12H11N3Se. The van der Waals surface area contributed by atoms with Gasteiger partial charge in [0.15, 0.2) is 0 Å². The van der Waals surface area contributed by atoms with Crippen LogP contribution in [0, 0.1) is 13.8 Å². The Morgan fingerprint density at radius 2 is 1.81 bits per heavy atom. The van der Waals surface area contributed by atoms with E-state index in [9.17, 15) is 0 Å². The van der Waals surface area contributed by atoms with Crippen LogP contribution in [0.1, 0.15) is 10.3 Å². The zero-order chi connectivity index (χ0) is 11.1. The van der Waals surface area contributed by atoms with Gasteiger partial charge in [0, 0.05) is 0 Å². The molecule has 2 heterocycles. The van der Waals surface area contributed by atoms with Crippen LogP contribution in [0.5, 0.6) is 0 Å². The molecule has 0 saturated heterocycles. The Morgan fingerprint density at radius 3 is 2.56 bits per heavy atom. The number of aromatic nitrogens is 3. The van der Waals surface area contributed by atoms with Crippen LogP contribution in [0.4, 0.5) is 0 Å². The molecule has 0 amide bonds. The van der Waals surface area contributed by atoms with Crippen molar-refractivity contribution in [1.82, 2.24) is 14.6 Å². The topological polar surface area (TPSA) is 30.2 Å². The third-order valence-electron chi connectivity index (χ3n) is 2.64. The van der Waals surface area contributed by atoms with E-state index < -0.39 is 0 Å². The van der Waals surface area contributed by atoms with Crippen LogP contribution >= 0.6 is 0 Å². The second-order valence-electron chi connectivity index (χ2n) is 3.74. The van der Waals surface area contributed by atoms with Crippen molar-refractivity contribution in [2.24, 2.45) is 0 Å². The van der Waals surface area contributed by atoms with Gasteiger partial charge in [-0.1, -0.05) is 0 Å². The zero-order valence-corrected chi connectivity index (χ0v) is 10.8. The van der Waals surface area contributed by atoms with Crippen molar-refractivity contribution in [1.29, 1.82) is 0 Å². The van der Waals surface area contributed by atoms with Gasteiger partial charge in [-0.3, -0.25) is 0 Å². The fraction of sp³-hybridized carbons (Fsp3) is 0.167. The molecule has 16 heavy (non-hydrogen) atoms. The van der Waals surface area contributed by atoms with E-state index in [4.69, 9.17) is 0 Å². The number of fused-ring (bicyclic) bond motifs is 1. The monoisotopic (exact) mass is 277 g/mol. The van der Waals surface area contributed by atoms with Crippen molar-refractivity contribution in [3.05, 3.63) is 40.6 Å². The maximum absolute atomic E-state index is 4.22. The van der Waals surface area contributed by atoms with Gasteiger partial charge in [0.1, 0.15) is 0 Å². The van der Waals surface area contributed by atoms with E-state index in [1.54, 1.807) is 0 Å². The number of nitrogens with zero attached hydrogens (tertiary/aromatic N) is 3. The predicted molar refractivity (Wildman–Crippen MR) is 64.8 cm³/mol. The van der Waals surface area contributed by atoms with Crippen molar-refractivity contribution in [2.45, 2.75) is 13.8 Å². The zero-order valence-electron chi connectivity index (χ0n) is 9.14. The van der Waals surface area contributed by atoms with E-state index in [0.29, 0.717) is 14.5 Å². The molecular weight excluding hydrogens is 265 g/mol. The first-order chi connectivity index (χ1) is 7.77. The summed E-state index contributed by atoms with van der Waals surface area (Å²) in [5, 5.41) is 8.36. The number of benzene rings is 1. The van der Waals surface area contributed by atoms with Gasteiger partial charge in [0.05, 0.1) is 0 Å². The number of aryl methyl sites for hydroxylation is 2. The Balaban J connectivity index is 2.38. The summed E-state index contributed by atoms with van der Waals surface area (Å²) in [7, 11) is 0. The summed E-state index contributed by atoms with van der Waals surface area (Å²) in [6, 6.07) is 10.5. The average Bonchev–Trinajstić information content (AvgIpc) is 2.80. The molecule has 0 atom stereocenters. The molecule has 0 N–H and O–H groups in total. The van der Waals surface area contributed by atoms with Gasteiger partial charge in [-0.15, -0.1) is 0 Å². The van der Waals surface area contributed by atoms with E-state index in [-0.39, 0.29) is 0 Å². The van der Waals surface area contributed by atoms with E-state index >= 15 is 0 Å². The van der Waals surface area contributed by atoms with Crippen LogP contribution in [-0.2, 0) is 0 Å². The van der Waals surface area contributed by atoms with E-state index in [2.05, 4.69) is 45.8 Å². The normalized spacial score (nSPS) is 11.1. The maximum atomic E-state index is 4.22. The molecule has 0 saturated carbocycles. The molecule has 4 heteroatoms. The van der Waals surface area contributed by atoms with E-state index in [1.165, 1.54) is 15.7 Å². The number of hydrogen-bond donors (Lipinski definition) is 0. The van der Waals surface area contributed by atoms with Gasteiger partial charge < -0.3 is 0 Å². The molecule has 0 aliphatic rings. The molecule has 1 aromatic carbocycles. The second-order valence-corrected chi connectivity index (χ2v) is 6.22. The second kappa shape index (κ2) is 3.58. The van der Waals surface area contributed by atoms with Gasteiger partial charge in [-0.25, -0.2) is 0 Å². The SMILES string of the molecule is Cc1[se]c2nnc(C)n2c1-c1ccccc1. The molecule has 3 nitrogen and oxygen atoms in total. The Kier molecular flexibility index (Phi) is 2.20. The van der Waals surface area contributed by atoms with Gasteiger partial charge >= 0.3 is 99.3 Å². The molecule has 0 aliphatic heterocycles. The summed E-state index contributed by atoms with van der Waals surface area (Å²) >= 11 is 0.326. The summed E-state index contributed by atoms with van der Waals surface area (Å²) in [6.45, 7) is 4.20. The standard InChI is InChI=1S/C12H11N3Se/c1-8-11(10-6-4-3-5-7-10)15-9(2)13-14-12(15)16-8/h3-7H,1-2H3. The summed E-state index contributed by atoms with van der Waals surface area (Å²) in [6.07, 6.45) is 0. The Labute approximate surface area is 99.5 Å². The minimum atomic E-state index is 0.326. The van der Waals surface area contributed by atoms with Crippen molar-refractivity contribution < 1.29 is 0 Å². The van der Waals surface area contributed by atoms with Crippen molar-refractivity contribution in [2.75, 3.05) is 0 Å². The Hall–Kier alpha value is -1.38. The van der Waals surface area contributed by atoms with E-state index in [0.717, 1.165) is 10.3 Å².